The Morgan fingerprint density at radius 3 is 2.87 bits per heavy atom. The summed E-state index contributed by atoms with van der Waals surface area (Å²) in [4.78, 5) is 16.8. The van der Waals surface area contributed by atoms with Crippen LogP contribution in [-0.4, -0.2) is 67.6 Å². The van der Waals surface area contributed by atoms with Gasteiger partial charge in [-0.3, -0.25) is 14.6 Å². The lowest BCUT2D eigenvalue weighted by molar-refractivity contribution is -0.117. The molecule has 23 heavy (non-hydrogen) atoms. The third-order valence-corrected chi connectivity index (χ3v) is 4.98. The number of benzene rings is 1. The molecule has 1 aromatic carbocycles. The van der Waals surface area contributed by atoms with E-state index in [0.29, 0.717) is 17.1 Å². The predicted octanol–water partition coefficient (Wildman–Crippen LogP) is 1.51. The summed E-state index contributed by atoms with van der Waals surface area (Å²) < 4.78 is 14.4. The minimum absolute atomic E-state index is 0.160. The average Bonchev–Trinajstić information content (AvgIpc) is 2.99. The van der Waals surface area contributed by atoms with Gasteiger partial charge in [-0.2, -0.15) is 0 Å². The Morgan fingerprint density at radius 2 is 2.13 bits per heavy atom. The molecule has 126 valence electrons. The van der Waals surface area contributed by atoms with Gasteiger partial charge in [-0.1, -0.05) is 15.9 Å². The topological polar surface area (TPSA) is 47.6 Å². The summed E-state index contributed by atoms with van der Waals surface area (Å²) in [5, 5.41) is 6.02. The van der Waals surface area contributed by atoms with E-state index < -0.39 is 5.82 Å². The Kier molecular flexibility index (Phi) is 5.63. The molecule has 2 N–H and O–H groups in total. The van der Waals surface area contributed by atoms with E-state index in [-0.39, 0.29) is 11.6 Å². The molecule has 2 aliphatic rings. The largest absolute Gasteiger partial charge is 0.322 e. The summed E-state index contributed by atoms with van der Waals surface area (Å²) in [6, 6.07) is 5.18. The van der Waals surface area contributed by atoms with E-state index in [0.717, 1.165) is 45.7 Å². The maximum Gasteiger partial charge on any atom is 0.238 e. The molecule has 1 atom stereocenters. The molecule has 1 amide bonds. The van der Waals surface area contributed by atoms with Crippen LogP contribution in [0.1, 0.15) is 6.42 Å². The van der Waals surface area contributed by atoms with E-state index >= 15 is 0 Å². The molecule has 1 unspecified atom stereocenters. The Hall–Kier alpha value is -1.02. The van der Waals surface area contributed by atoms with Gasteiger partial charge >= 0.3 is 0 Å². The predicted molar refractivity (Wildman–Crippen MR) is 92.0 cm³/mol. The number of anilines is 1. The first-order chi connectivity index (χ1) is 11.1. The highest BCUT2D eigenvalue weighted by Gasteiger charge is 2.29. The van der Waals surface area contributed by atoms with Crippen molar-refractivity contribution in [3.05, 3.63) is 28.5 Å². The number of hydrogen-bond acceptors (Lipinski definition) is 4. The molecule has 0 saturated carbocycles. The summed E-state index contributed by atoms with van der Waals surface area (Å²) in [6.45, 7) is 6.39. The van der Waals surface area contributed by atoms with Crippen LogP contribution in [0, 0.1) is 5.82 Å². The summed E-state index contributed by atoms with van der Waals surface area (Å²) in [6.07, 6.45) is 1.10. The number of carbonyl (C=O) groups is 1. The molecule has 0 bridgehead atoms. The third kappa shape index (κ3) is 4.50. The number of hydrogen-bond donors (Lipinski definition) is 2. The number of carbonyl (C=O) groups excluding carboxylic acids is 1. The Bertz CT molecular complexity index is 565. The zero-order valence-electron chi connectivity index (χ0n) is 13.0. The number of nitrogens with one attached hydrogen (secondary N) is 2. The van der Waals surface area contributed by atoms with Crippen molar-refractivity contribution in [2.45, 2.75) is 12.5 Å². The van der Waals surface area contributed by atoms with Gasteiger partial charge in [0.1, 0.15) is 5.82 Å². The lowest BCUT2D eigenvalue weighted by atomic mass is 10.2. The fourth-order valence-electron chi connectivity index (χ4n) is 3.28. The van der Waals surface area contributed by atoms with Crippen LogP contribution in [0.2, 0.25) is 0 Å². The fraction of sp³-hybridized carbons (Fsp3) is 0.562. The summed E-state index contributed by atoms with van der Waals surface area (Å²) in [7, 11) is 0. The molecular formula is C16H22BrFN4O. The van der Waals surface area contributed by atoms with Gasteiger partial charge in [0.25, 0.3) is 0 Å². The lowest BCUT2D eigenvalue weighted by Crippen LogP contribution is -2.49. The fourth-order valence-corrected chi connectivity index (χ4v) is 3.62. The van der Waals surface area contributed by atoms with E-state index in [2.05, 4.69) is 36.4 Å². The monoisotopic (exact) mass is 384 g/mol. The Labute approximate surface area is 144 Å². The van der Waals surface area contributed by atoms with Crippen molar-refractivity contribution < 1.29 is 9.18 Å². The van der Waals surface area contributed by atoms with Crippen LogP contribution < -0.4 is 10.6 Å². The van der Waals surface area contributed by atoms with Gasteiger partial charge in [-0.05, 0) is 24.6 Å². The molecular weight excluding hydrogens is 363 g/mol. The quantitative estimate of drug-likeness (QED) is 0.825. The first-order valence-corrected chi connectivity index (χ1v) is 8.83. The van der Waals surface area contributed by atoms with Crippen molar-refractivity contribution in [1.29, 1.82) is 0 Å². The van der Waals surface area contributed by atoms with Crippen molar-refractivity contribution in [2.75, 3.05) is 51.1 Å². The van der Waals surface area contributed by atoms with Crippen molar-refractivity contribution >= 4 is 27.5 Å². The van der Waals surface area contributed by atoms with Gasteiger partial charge in [0.05, 0.1) is 12.2 Å². The second-order valence-corrected chi connectivity index (χ2v) is 7.05. The first-order valence-electron chi connectivity index (χ1n) is 8.04. The van der Waals surface area contributed by atoms with Crippen LogP contribution in [0.4, 0.5) is 10.1 Å². The molecule has 2 saturated heterocycles. The second-order valence-electron chi connectivity index (χ2n) is 6.14. The van der Waals surface area contributed by atoms with E-state index in [9.17, 15) is 9.18 Å². The molecule has 2 heterocycles. The standard InChI is InChI=1S/C16H22BrFN4O/c17-12-1-2-15(14(18)9-12)20-16(23)11-21-6-3-13(10-21)22-7-4-19-5-8-22/h1-2,9,13,19H,3-8,10-11H2,(H,20,23). The van der Waals surface area contributed by atoms with E-state index in [1.807, 2.05) is 0 Å². The molecule has 2 fully saturated rings. The maximum absolute atomic E-state index is 13.8. The summed E-state index contributed by atoms with van der Waals surface area (Å²) in [5.41, 5.74) is 0.232. The second kappa shape index (κ2) is 7.70. The van der Waals surface area contributed by atoms with Crippen molar-refractivity contribution in [2.24, 2.45) is 0 Å². The Balaban J connectivity index is 1.48. The minimum atomic E-state index is -0.423. The highest BCUT2D eigenvalue weighted by molar-refractivity contribution is 9.10. The van der Waals surface area contributed by atoms with Gasteiger partial charge in [-0.25, -0.2) is 4.39 Å². The van der Waals surface area contributed by atoms with Gasteiger partial charge in [0, 0.05) is 49.8 Å². The van der Waals surface area contributed by atoms with Crippen LogP contribution in [0.25, 0.3) is 0 Å². The van der Waals surface area contributed by atoms with Gasteiger partial charge in [0.15, 0.2) is 0 Å². The molecule has 0 aliphatic carbocycles. The maximum atomic E-state index is 13.8. The highest BCUT2D eigenvalue weighted by Crippen LogP contribution is 2.20. The molecule has 2 aliphatic heterocycles. The van der Waals surface area contributed by atoms with Crippen molar-refractivity contribution in [1.82, 2.24) is 15.1 Å². The number of amides is 1. The molecule has 0 radical (unpaired) electrons. The van der Waals surface area contributed by atoms with E-state index in [1.165, 1.54) is 6.07 Å². The third-order valence-electron chi connectivity index (χ3n) is 4.49. The zero-order chi connectivity index (χ0) is 16.2. The molecule has 0 aromatic heterocycles. The molecule has 1 aromatic rings. The summed E-state index contributed by atoms with van der Waals surface area (Å²) >= 11 is 3.21. The smallest absolute Gasteiger partial charge is 0.238 e. The minimum Gasteiger partial charge on any atom is -0.322 e. The van der Waals surface area contributed by atoms with Crippen LogP contribution in [0.3, 0.4) is 0 Å². The summed E-state index contributed by atoms with van der Waals surface area (Å²) in [5.74, 6) is -0.583. The van der Waals surface area contributed by atoms with Crippen LogP contribution in [0.15, 0.2) is 22.7 Å². The number of rotatable bonds is 4. The van der Waals surface area contributed by atoms with Crippen LogP contribution >= 0.6 is 15.9 Å². The van der Waals surface area contributed by atoms with Crippen LogP contribution in [-0.2, 0) is 4.79 Å². The van der Waals surface area contributed by atoms with E-state index in [4.69, 9.17) is 0 Å². The van der Waals surface area contributed by atoms with Gasteiger partial charge in [-0.15, -0.1) is 0 Å². The SMILES string of the molecule is O=C(CN1CCC(N2CCNCC2)C1)Nc1ccc(Br)cc1F. The molecule has 7 heteroatoms. The first kappa shape index (κ1) is 16.8. The van der Waals surface area contributed by atoms with Crippen LogP contribution in [0.5, 0.6) is 0 Å². The van der Waals surface area contributed by atoms with Crippen molar-refractivity contribution in [3.8, 4) is 0 Å². The molecule has 3 rings (SSSR count). The lowest BCUT2D eigenvalue weighted by Gasteiger charge is -2.32. The number of likely N-dealkylation sites (tertiary alicyclic amines) is 1. The zero-order valence-corrected chi connectivity index (χ0v) is 14.6. The number of piperazine rings is 1. The van der Waals surface area contributed by atoms with Gasteiger partial charge in [0.2, 0.25) is 5.91 Å². The van der Waals surface area contributed by atoms with E-state index in [1.54, 1.807) is 12.1 Å². The number of halogens is 2. The van der Waals surface area contributed by atoms with Crippen molar-refractivity contribution in [3.63, 3.8) is 0 Å². The normalized spacial score (nSPS) is 23.1. The molecule has 0 spiro atoms. The highest BCUT2D eigenvalue weighted by atomic mass is 79.9. The number of nitrogens with zero attached hydrogens (tertiary/aromatic N) is 2. The Morgan fingerprint density at radius 1 is 1.35 bits per heavy atom. The van der Waals surface area contributed by atoms with Gasteiger partial charge < -0.3 is 10.6 Å². The average molecular weight is 385 g/mol. The molecule has 5 nitrogen and oxygen atoms in total.